The van der Waals surface area contributed by atoms with Crippen LogP contribution in [0.2, 0.25) is 0 Å². The van der Waals surface area contributed by atoms with Crippen molar-refractivity contribution < 1.29 is 9.66 Å². The zero-order valence-electron chi connectivity index (χ0n) is 11.0. The highest BCUT2D eigenvalue weighted by Gasteiger charge is 2.23. The monoisotopic (exact) mass is 275 g/mol. The summed E-state index contributed by atoms with van der Waals surface area (Å²) in [7, 11) is 1.32. The van der Waals surface area contributed by atoms with Gasteiger partial charge in [-0.25, -0.2) is 4.98 Å². The van der Waals surface area contributed by atoms with Gasteiger partial charge in [0.2, 0.25) is 5.82 Å². The fraction of sp³-hybridized carbons (Fsp3) is 0.250. The number of ether oxygens (including phenoxy) is 1. The van der Waals surface area contributed by atoms with E-state index in [2.05, 4.69) is 20.3 Å². The number of nitrogens with zero attached hydrogens (tertiary/aromatic N) is 4. The lowest BCUT2D eigenvalue weighted by atomic mass is 10.2. The molecule has 0 aliphatic carbocycles. The molecule has 2 aromatic rings. The topological polar surface area (TPSA) is 103 Å². The number of nitro groups is 1. The Kier molecular flexibility index (Phi) is 4.04. The summed E-state index contributed by atoms with van der Waals surface area (Å²) in [5, 5.41) is 14.0. The minimum Gasteiger partial charge on any atom is -0.476 e. The van der Waals surface area contributed by atoms with Gasteiger partial charge in [-0.05, 0) is 18.6 Å². The van der Waals surface area contributed by atoms with Crippen molar-refractivity contribution >= 4 is 11.5 Å². The lowest BCUT2D eigenvalue weighted by Gasteiger charge is -2.08. The molecule has 0 atom stereocenters. The van der Waals surface area contributed by atoms with Crippen LogP contribution in [0, 0.1) is 17.0 Å². The van der Waals surface area contributed by atoms with Gasteiger partial charge in [0, 0.05) is 6.20 Å². The van der Waals surface area contributed by atoms with Crippen molar-refractivity contribution in [3.8, 4) is 5.88 Å². The van der Waals surface area contributed by atoms with Crippen LogP contribution >= 0.6 is 0 Å². The number of hydrogen-bond acceptors (Lipinski definition) is 7. The van der Waals surface area contributed by atoms with Crippen molar-refractivity contribution in [3.63, 3.8) is 0 Å². The summed E-state index contributed by atoms with van der Waals surface area (Å²) in [5.74, 6) is 0.0251. The highest BCUT2D eigenvalue weighted by molar-refractivity contribution is 5.61. The van der Waals surface area contributed by atoms with E-state index in [9.17, 15) is 10.1 Å². The molecule has 8 heteroatoms. The summed E-state index contributed by atoms with van der Waals surface area (Å²) in [5.41, 5.74) is 1.49. The molecule has 2 heterocycles. The van der Waals surface area contributed by atoms with E-state index < -0.39 is 4.92 Å². The number of rotatable bonds is 5. The predicted molar refractivity (Wildman–Crippen MR) is 71.5 cm³/mol. The fourth-order valence-corrected chi connectivity index (χ4v) is 1.68. The van der Waals surface area contributed by atoms with Crippen LogP contribution in [0.4, 0.5) is 11.5 Å². The van der Waals surface area contributed by atoms with Crippen molar-refractivity contribution in [2.75, 3.05) is 12.4 Å². The Labute approximate surface area is 115 Å². The second kappa shape index (κ2) is 5.91. The molecule has 104 valence electrons. The Balaban J connectivity index is 2.26. The molecule has 0 aromatic carbocycles. The zero-order valence-corrected chi connectivity index (χ0v) is 11.0. The number of methoxy groups -OCH3 is 1. The van der Waals surface area contributed by atoms with Gasteiger partial charge in [-0.3, -0.25) is 15.1 Å². The molecule has 0 saturated carbocycles. The first kappa shape index (κ1) is 13.7. The second-order valence-electron chi connectivity index (χ2n) is 3.96. The predicted octanol–water partition coefficient (Wildman–Crippen LogP) is 1.71. The van der Waals surface area contributed by atoms with Crippen molar-refractivity contribution in [3.05, 3.63) is 46.0 Å². The van der Waals surface area contributed by atoms with E-state index in [1.165, 1.54) is 13.4 Å². The van der Waals surface area contributed by atoms with Gasteiger partial charge in [0.1, 0.15) is 6.33 Å². The number of anilines is 1. The third-order valence-electron chi connectivity index (χ3n) is 2.71. The van der Waals surface area contributed by atoms with E-state index >= 15 is 0 Å². The van der Waals surface area contributed by atoms with Crippen LogP contribution in [0.3, 0.4) is 0 Å². The quantitative estimate of drug-likeness (QED) is 0.654. The Morgan fingerprint density at radius 1 is 1.40 bits per heavy atom. The van der Waals surface area contributed by atoms with E-state index in [1.807, 2.05) is 19.1 Å². The van der Waals surface area contributed by atoms with Crippen LogP contribution in [0.5, 0.6) is 5.88 Å². The summed E-state index contributed by atoms with van der Waals surface area (Å²) < 4.78 is 4.87. The Bertz CT molecular complexity index is 632. The lowest BCUT2D eigenvalue weighted by molar-refractivity contribution is -0.385. The molecule has 8 nitrogen and oxygen atoms in total. The van der Waals surface area contributed by atoms with Gasteiger partial charge in [0.25, 0.3) is 5.88 Å². The summed E-state index contributed by atoms with van der Waals surface area (Å²) >= 11 is 0. The van der Waals surface area contributed by atoms with Gasteiger partial charge in [-0.2, -0.15) is 4.98 Å². The van der Waals surface area contributed by atoms with Crippen LogP contribution < -0.4 is 10.1 Å². The van der Waals surface area contributed by atoms with Gasteiger partial charge in [-0.1, -0.05) is 6.07 Å². The van der Waals surface area contributed by atoms with E-state index in [0.717, 1.165) is 11.3 Å². The molecule has 0 aliphatic heterocycles. The highest BCUT2D eigenvalue weighted by atomic mass is 16.6. The van der Waals surface area contributed by atoms with Crippen LogP contribution in [0.15, 0.2) is 24.7 Å². The summed E-state index contributed by atoms with van der Waals surface area (Å²) in [6.07, 6.45) is 2.87. The Hall–Kier alpha value is -2.77. The summed E-state index contributed by atoms with van der Waals surface area (Å²) in [6.45, 7) is 2.24. The molecule has 20 heavy (non-hydrogen) atoms. The van der Waals surface area contributed by atoms with E-state index in [-0.39, 0.29) is 17.4 Å². The molecule has 0 aliphatic rings. The molecular weight excluding hydrogens is 262 g/mol. The molecule has 0 unspecified atom stereocenters. The molecule has 0 amide bonds. The van der Waals surface area contributed by atoms with Crippen LogP contribution in [-0.2, 0) is 6.54 Å². The van der Waals surface area contributed by atoms with Crippen LogP contribution in [0.25, 0.3) is 0 Å². The zero-order chi connectivity index (χ0) is 14.5. The Morgan fingerprint density at radius 2 is 2.20 bits per heavy atom. The van der Waals surface area contributed by atoms with E-state index in [4.69, 9.17) is 4.74 Å². The van der Waals surface area contributed by atoms with Crippen molar-refractivity contribution in [2.24, 2.45) is 0 Å². The average Bonchev–Trinajstić information content (AvgIpc) is 2.45. The van der Waals surface area contributed by atoms with E-state index in [1.54, 1.807) is 6.20 Å². The molecule has 1 N–H and O–H groups in total. The molecule has 2 aromatic heterocycles. The molecule has 0 spiro atoms. The Morgan fingerprint density at radius 3 is 2.85 bits per heavy atom. The number of hydrogen-bond donors (Lipinski definition) is 1. The normalized spacial score (nSPS) is 10.1. The maximum Gasteiger partial charge on any atom is 0.372 e. The number of pyridine rings is 1. The first-order valence-electron chi connectivity index (χ1n) is 5.81. The van der Waals surface area contributed by atoms with Crippen LogP contribution in [-0.4, -0.2) is 27.0 Å². The maximum absolute atomic E-state index is 11.1. The third kappa shape index (κ3) is 2.79. The number of aryl methyl sites for hydroxylation is 1. The standard InChI is InChI=1S/C12H13N5O3/c1-8-4-3-5-13-9(8)6-14-11-10(17(18)19)12(20-2)16-7-15-11/h3-5,7H,6H2,1-2H3,(H,14,15,16). The molecule has 0 radical (unpaired) electrons. The van der Waals surface area contributed by atoms with Gasteiger partial charge in [0.15, 0.2) is 0 Å². The van der Waals surface area contributed by atoms with Gasteiger partial charge in [0.05, 0.1) is 24.3 Å². The summed E-state index contributed by atoms with van der Waals surface area (Å²) in [6, 6.07) is 3.74. The third-order valence-corrected chi connectivity index (χ3v) is 2.71. The number of aromatic nitrogens is 3. The van der Waals surface area contributed by atoms with Gasteiger partial charge >= 0.3 is 5.69 Å². The molecule has 0 saturated heterocycles. The first-order valence-corrected chi connectivity index (χ1v) is 5.81. The average molecular weight is 275 g/mol. The van der Waals surface area contributed by atoms with Crippen molar-refractivity contribution in [1.82, 2.24) is 15.0 Å². The molecule has 0 bridgehead atoms. The van der Waals surface area contributed by atoms with Gasteiger partial charge in [-0.15, -0.1) is 0 Å². The van der Waals surface area contributed by atoms with Crippen molar-refractivity contribution in [1.29, 1.82) is 0 Å². The molecule has 2 rings (SSSR count). The molecule has 0 fully saturated rings. The lowest BCUT2D eigenvalue weighted by Crippen LogP contribution is -2.08. The largest absolute Gasteiger partial charge is 0.476 e. The van der Waals surface area contributed by atoms with Crippen LogP contribution in [0.1, 0.15) is 11.3 Å². The van der Waals surface area contributed by atoms with E-state index in [0.29, 0.717) is 6.54 Å². The first-order chi connectivity index (χ1) is 9.63. The van der Waals surface area contributed by atoms with Gasteiger partial charge < -0.3 is 10.1 Å². The second-order valence-corrected chi connectivity index (χ2v) is 3.96. The minimum atomic E-state index is -0.577. The summed E-state index contributed by atoms with van der Waals surface area (Å²) in [4.78, 5) is 22.3. The SMILES string of the molecule is COc1ncnc(NCc2ncccc2C)c1[N+](=O)[O-]. The van der Waals surface area contributed by atoms with Crippen molar-refractivity contribution in [2.45, 2.75) is 13.5 Å². The highest BCUT2D eigenvalue weighted by Crippen LogP contribution is 2.30. The molecular formula is C12H13N5O3. The maximum atomic E-state index is 11.1. The minimum absolute atomic E-state index is 0.0785. The fourth-order valence-electron chi connectivity index (χ4n) is 1.68. The smallest absolute Gasteiger partial charge is 0.372 e. The number of nitrogens with one attached hydrogen (secondary N) is 1.